The lowest BCUT2D eigenvalue weighted by Crippen LogP contribution is -1.86. The van der Waals surface area contributed by atoms with Crippen LogP contribution in [0.15, 0.2) is 65.6 Å². The summed E-state index contributed by atoms with van der Waals surface area (Å²) >= 11 is 1.64. The van der Waals surface area contributed by atoms with Gasteiger partial charge in [-0.3, -0.25) is 0 Å². The van der Waals surface area contributed by atoms with Crippen LogP contribution >= 0.6 is 11.8 Å². The molecule has 0 aliphatic rings. The maximum atomic E-state index is 13.4. The Labute approximate surface area is 127 Å². The minimum atomic E-state index is -0.358. The fraction of sp³-hybridized carbons (Fsp3) is 0.0556. The highest BCUT2D eigenvalue weighted by atomic mass is 32.2. The van der Waals surface area contributed by atoms with Gasteiger partial charge in [-0.05, 0) is 46.7 Å². The quantitative estimate of drug-likeness (QED) is 0.624. The van der Waals surface area contributed by atoms with Gasteiger partial charge in [-0.2, -0.15) is 5.26 Å². The van der Waals surface area contributed by atoms with Crippen molar-refractivity contribution in [1.82, 2.24) is 0 Å². The van der Waals surface area contributed by atoms with Crippen LogP contribution in [0.1, 0.15) is 11.1 Å². The molecule has 3 aromatic rings. The van der Waals surface area contributed by atoms with E-state index in [1.54, 1.807) is 17.8 Å². The van der Waals surface area contributed by atoms with E-state index in [0.717, 1.165) is 10.5 Å². The Balaban J connectivity index is 1.80. The Kier molecular flexibility index (Phi) is 3.89. The molecule has 0 saturated carbocycles. The van der Waals surface area contributed by atoms with Crippen LogP contribution in [0.2, 0.25) is 0 Å². The van der Waals surface area contributed by atoms with E-state index in [0.29, 0.717) is 11.3 Å². The third-order valence-corrected chi connectivity index (χ3v) is 4.28. The predicted molar refractivity (Wildman–Crippen MR) is 84.6 cm³/mol. The number of nitrogens with zero attached hydrogens (tertiary/aromatic N) is 1. The number of hydrogen-bond donors (Lipinski definition) is 0. The topological polar surface area (TPSA) is 23.8 Å². The summed E-state index contributed by atoms with van der Waals surface area (Å²) in [6.07, 6.45) is 0. The number of fused-ring (bicyclic) bond motifs is 1. The summed E-state index contributed by atoms with van der Waals surface area (Å²) in [5.74, 6) is 0.285. The van der Waals surface area contributed by atoms with Gasteiger partial charge in [-0.15, -0.1) is 11.8 Å². The molecule has 3 heteroatoms. The average Bonchev–Trinajstić information content (AvgIpc) is 2.52. The fourth-order valence-corrected chi connectivity index (χ4v) is 3.10. The van der Waals surface area contributed by atoms with E-state index < -0.39 is 0 Å². The number of halogens is 1. The Hall–Kier alpha value is -2.31. The molecule has 0 N–H and O–H groups in total. The summed E-state index contributed by atoms with van der Waals surface area (Å²) in [6, 6.07) is 20.9. The van der Waals surface area contributed by atoms with Crippen LogP contribution in [0, 0.1) is 17.1 Å². The van der Waals surface area contributed by atoms with Gasteiger partial charge in [0.2, 0.25) is 0 Å². The molecular formula is C18H12FNS. The first-order chi connectivity index (χ1) is 10.2. The van der Waals surface area contributed by atoms with Crippen molar-refractivity contribution < 1.29 is 4.39 Å². The molecule has 0 bridgehead atoms. The Bertz CT molecular complexity index is 836. The average molecular weight is 293 g/mol. The summed E-state index contributed by atoms with van der Waals surface area (Å²) in [7, 11) is 0. The van der Waals surface area contributed by atoms with Crippen LogP contribution in [-0.2, 0) is 5.75 Å². The van der Waals surface area contributed by atoms with Gasteiger partial charge in [0, 0.05) is 10.6 Å². The first-order valence-electron chi connectivity index (χ1n) is 6.56. The molecule has 0 aliphatic carbocycles. The van der Waals surface area contributed by atoms with Crippen molar-refractivity contribution >= 4 is 22.5 Å². The van der Waals surface area contributed by atoms with Crippen molar-refractivity contribution in [2.45, 2.75) is 10.6 Å². The number of hydrogen-bond acceptors (Lipinski definition) is 2. The summed E-state index contributed by atoms with van der Waals surface area (Å²) < 4.78 is 13.4. The Morgan fingerprint density at radius 2 is 1.76 bits per heavy atom. The number of thioether (sulfide) groups is 1. The second kappa shape index (κ2) is 5.99. The number of benzene rings is 3. The van der Waals surface area contributed by atoms with E-state index in [9.17, 15) is 4.39 Å². The van der Waals surface area contributed by atoms with Crippen molar-refractivity contribution in [3.8, 4) is 6.07 Å². The summed E-state index contributed by atoms with van der Waals surface area (Å²) in [5, 5.41) is 11.3. The fourth-order valence-electron chi connectivity index (χ4n) is 2.22. The summed E-state index contributed by atoms with van der Waals surface area (Å²) in [5.41, 5.74) is 1.19. The lowest BCUT2D eigenvalue weighted by molar-refractivity contribution is 0.626. The zero-order valence-corrected chi connectivity index (χ0v) is 12.0. The monoisotopic (exact) mass is 293 g/mol. The number of rotatable bonds is 3. The molecule has 3 aromatic carbocycles. The van der Waals surface area contributed by atoms with Gasteiger partial charge in [-0.1, -0.05) is 30.3 Å². The third kappa shape index (κ3) is 3.24. The van der Waals surface area contributed by atoms with Crippen molar-refractivity contribution in [1.29, 1.82) is 5.26 Å². The minimum absolute atomic E-state index is 0.358. The lowest BCUT2D eigenvalue weighted by atomic mass is 10.1. The van der Waals surface area contributed by atoms with Gasteiger partial charge in [0.05, 0.1) is 11.6 Å². The van der Waals surface area contributed by atoms with Gasteiger partial charge < -0.3 is 0 Å². The Morgan fingerprint density at radius 3 is 2.57 bits per heavy atom. The van der Waals surface area contributed by atoms with E-state index in [4.69, 9.17) is 5.26 Å². The predicted octanol–water partition coefficient (Wildman–Crippen LogP) is 5.14. The highest BCUT2D eigenvalue weighted by molar-refractivity contribution is 7.98. The standard InChI is InChI=1S/C18H12FNS/c19-17-8-13(11-20)7-14(9-17)12-21-18-6-5-15-3-1-2-4-16(15)10-18/h1-10H,12H2. The summed E-state index contributed by atoms with van der Waals surface area (Å²) in [6.45, 7) is 0. The van der Waals surface area contributed by atoms with Gasteiger partial charge in [0.1, 0.15) is 5.82 Å². The zero-order valence-electron chi connectivity index (χ0n) is 11.2. The van der Waals surface area contributed by atoms with Gasteiger partial charge in [0.15, 0.2) is 0 Å². The molecule has 3 rings (SSSR count). The molecule has 0 aromatic heterocycles. The molecule has 0 fully saturated rings. The first-order valence-corrected chi connectivity index (χ1v) is 7.54. The van der Waals surface area contributed by atoms with Gasteiger partial charge >= 0.3 is 0 Å². The molecule has 0 heterocycles. The summed E-state index contributed by atoms with van der Waals surface area (Å²) in [4.78, 5) is 1.14. The molecule has 1 nitrogen and oxygen atoms in total. The maximum Gasteiger partial charge on any atom is 0.124 e. The molecule has 0 atom stereocenters. The largest absolute Gasteiger partial charge is 0.207 e. The second-order valence-electron chi connectivity index (χ2n) is 4.76. The van der Waals surface area contributed by atoms with Crippen LogP contribution in [0.3, 0.4) is 0 Å². The highest BCUT2D eigenvalue weighted by Crippen LogP contribution is 2.27. The molecular weight excluding hydrogens is 281 g/mol. The molecule has 0 amide bonds. The molecule has 21 heavy (non-hydrogen) atoms. The van der Waals surface area contributed by atoms with Crippen LogP contribution in [0.4, 0.5) is 4.39 Å². The van der Waals surface area contributed by atoms with E-state index in [1.165, 1.54) is 22.9 Å². The van der Waals surface area contributed by atoms with Gasteiger partial charge in [-0.25, -0.2) is 4.39 Å². The first kappa shape index (κ1) is 13.7. The molecule has 102 valence electrons. The SMILES string of the molecule is N#Cc1cc(F)cc(CSc2ccc3ccccc3c2)c1. The van der Waals surface area contributed by atoms with Crippen molar-refractivity contribution in [3.63, 3.8) is 0 Å². The molecule has 0 aliphatic heterocycles. The smallest absolute Gasteiger partial charge is 0.124 e. The molecule has 0 radical (unpaired) electrons. The van der Waals surface area contributed by atoms with E-state index in [-0.39, 0.29) is 5.82 Å². The third-order valence-electron chi connectivity index (χ3n) is 3.21. The van der Waals surface area contributed by atoms with Crippen LogP contribution in [-0.4, -0.2) is 0 Å². The molecule has 0 spiro atoms. The van der Waals surface area contributed by atoms with E-state index in [1.807, 2.05) is 18.2 Å². The Morgan fingerprint density at radius 1 is 0.952 bits per heavy atom. The minimum Gasteiger partial charge on any atom is -0.207 e. The molecule has 0 saturated heterocycles. The van der Waals surface area contributed by atoms with Crippen LogP contribution in [0.25, 0.3) is 10.8 Å². The van der Waals surface area contributed by atoms with Crippen LogP contribution < -0.4 is 0 Å². The van der Waals surface area contributed by atoms with E-state index in [2.05, 4.69) is 30.3 Å². The lowest BCUT2D eigenvalue weighted by Gasteiger charge is -2.05. The zero-order chi connectivity index (χ0) is 14.7. The number of nitriles is 1. The second-order valence-corrected chi connectivity index (χ2v) is 5.81. The van der Waals surface area contributed by atoms with Crippen LogP contribution in [0.5, 0.6) is 0 Å². The normalized spacial score (nSPS) is 10.5. The molecule has 0 unspecified atom stereocenters. The van der Waals surface area contributed by atoms with Crippen molar-refractivity contribution in [3.05, 3.63) is 77.6 Å². The van der Waals surface area contributed by atoms with E-state index >= 15 is 0 Å². The van der Waals surface area contributed by atoms with Crippen molar-refractivity contribution in [2.75, 3.05) is 0 Å². The van der Waals surface area contributed by atoms with Crippen molar-refractivity contribution in [2.24, 2.45) is 0 Å². The highest BCUT2D eigenvalue weighted by Gasteiger charge is 2.03. The van der Waals surface area contributed by atoms with Gasteiger partial charge in [0.25, 0.3) is 0 Å². The maximum absolute atomic E-state index is 13.4.